The molecule has 0 spiro atoms. The highest BCUT2D eigenvalue weighted by Crippen LogP contribution is 2.23. The molecule has 1 aliphatic heterocycles. The van der Waals surface area contributed by atoms with E-state index in [-0.39, 0.29) is 12.5 Å². The van der Waals surface area contributed by atoms with Crippen LogP contribution in [0.2, 0.25) is 5.02 Å². The van der Waals surface area contributed by atoms with Crippen molar-refractivity contribution in [3.05, 3.63) is 29.3 Å². The lowest BCUT2D eigenvalue weighted by Crippen LogP contribution is -2.37. The molecule has 1 aromatic carbocycles. The van der Waals surface area contributed by atoms with Gasteiger partial charge in [0.2, 0.25) is 11.7 Å². The van der Waals surface area contributed by atoms with Crippen LogP contribution in [0.4, 0.5) is 0 Å². The van der Waals surface area contributed by atoms with Gasteiger partial charge in [0.1, 0.15) is 0 Å². The molecule has 1 fully saturated rings. The zero-order chi connectivity index (χ0) is 18.0. The lowest BCUT2D eigenvalue weighted by molar-refractivity contribution is -0.141. The minimum atomic E-state index is -0.868. The molecule has 0 bridgehead atoms. The van der Waals surface area contributed by atoms with E-state index in [0.29, 0.717) is 30.2 Å². The zero-order valence-electron chi connectivity index (χ0n) is 13.7. The van der Waals surface area contributed by atoms with Gasteiger partial charge in [0.25, 0.3) is 0 Å². The number of amides is 1. The van der Waals surface area contributed by atoms with Gasteiger partial charge in [-0.3, -0.25) is 9.59 Å². The summed E-state index contributed by atoms with van der Waals surface area (Å²) >= 11 is 5.87. The fraction of sp³-hybridized carbons (Fsp3) is 0.438. The van der Waals surface area contributed by atoms with Crippen LogP contribution in [-0.4, -0.2) is 55.2 Å². The van der Waals surface area contributed by atoms with Crippen molar-refractivity contribution in [3.63, 3.8) is 0 Å². The Hall–Kier alpha value is -2.48. The third kappa shape index (κ3) is 3.63. The molecule has 2 aromatic rings. The molecule has 1 amide bonds. The number of hydrogen-bond donors (Lipinski definition) is 1. The summed E-state index contributed by atoms with van der Waals surface area (Å²) in [5.41, 5.74) is 0.755. The molecular weight excluding hydrogens is 346 g/mol. The Bertz CT molecular complexity index is 776. The van der Waals surface area contributed by atoms with Gasteiger partial charge in [-0.2, -0.15) is 4.80 Å². The molecule has 3 rings (SSSR count). The van der Waals surface area contributed by atoms with Crippen molar-refractivity contribution >= 4 is 23.5 Å². The normalized spacial score (nSPS) is 18.3. The second-order valence-corrected chi connectivity index (χ2v) is 6.41. The summed E-state index contributed by atoms with van der Waals surface area (Å²) in [4.78, 5) is 26.7. The number of likely N-dealkylation sites (tertiary alicyclic amines) is 1. The molecule has 8 nitrogen and oxygen atoms in total. The number of halogens is 1. The minimum absolute atomic E-state index is 0.175. The lowest BCUT2D eigenvalue weighted by Gasteiger charge is -2.21. The van der Waals surface area contributed by atoms with E-state index in [1.165, 1.54) is 4.80 Å². The first-order valence-corrected chi connectivity index (χ1v) is 8.44. The molecule has 0 saturated carbocycles. The fourth-order valence-corrected chi connectivity index (χ4v) is 3.01. The lowest BCUT2D eigenvalue weighted by atomic mass is 10.1. The smallest absolute Gasteiger partial charge is 0.308 e. The van der Waals surface area contributed by atoms with Crippen molar-refractivity contribution in [2.75, 3.05) is 13.1 Å². The number of tetrazole rings is 1. The molecule has 1 N–H and O–H groups in total. The predicted octanol–water partition coefficient (Wildman–Crippen LogP) is 1.88. The second-order valence-electron chi connectivity index (χ2n) is 5.97. The molecule has 1 aliphatic rings. The number of hydrogen-bond acceptors (Lipinski definition) is 5. The van der Waals surface area contributed by atoms with Crippen molar-refractivity contribution < 1.29 is 14.7 Å². The molecule has 1 saturated heterocycles. The Kier molecular flexibility index (Phi) is 4.98. The number of carboxylic acids is 1. The molecule has 2 heterocycles. The standard InChI is InChI=1S/C16H18ClN5O3/c1-2-13(15(23)21-8-7-11(9-21)16(24)25)22-19-14(18-20-22)10-3-5-12(17)6-4-10/h3-6,11,13H,2,7-9H2,1H3,(H,24,25)/t11-,13-/m1/s1. The highest BCUT2D eigenvalue weighted by molar-refractivity contribution is 6.30. The molecule has 1 aromatic heterocycles. The highest BCUT2D eigenvalue weighted by Gasteiger charge is 2.35. The molecule has 0 unspecified atom stereocenters. The van der Waals surface area contributed by atoms with Crippen LogP contribution in [0.5, 0.6) is 0 Å². The Morgan fingerprint density at radius 1 is 1.36 bits per heavy atom. The first-order chi connectivity index (χ1) is 12.0. The number of rotatable bonds is 5. The van der Waals surface area contributed by atoms with Crippen LogP contribution in [0.15, 0.2) is 24.3 Å². The summed E-state index contributed by atoms with van der Waals surface area (Å²) in [6.07, 6.45) is 0.960. The van der Waals surface area contributed by atoms with Crippen LogP contribution in [0, 0.1) is 5.92 Å². The van der Waals surface area contributed by atoms with Gasteiger partial charge in [-0.1, -0.05) is 18.5 Å². The van der Waals surface area contributed by atoms with Gasteiger partial charge in [0, 0.05) is 23.7 Å². The van der Waals surface area contributed by atoms with E-state index < -0.39 is 17.9 Å². The average Bonchev–Trinajstić information content (AvgIpc) is 3.26. The van der Waals surface area contributed by atoms with Gasteiger partial charge < -0.3 is 10.0 Å². The van der Waals surface area contributed by atoms with E-state index in [9.17, 15) is 9.59 Å². The van der Waals surface area contributed by atoms with Gasteiger partial charge in [-0.05, 0) is 42.3 Å². The monoisotopic (exact) mass is 363 g/mol. The Balaban J connectivity index is 1.76. The second kappa shape index (κ2) is 7.18. The van der Waals surface area contributed by atoms with Gasteiger partial charge in [0.05, 0.1) is 5.92 Å². The van der Waals surface area contributed by atoms with Crippen LogP contribution in [-0.2, 0) is 9.59 Å². The van der Waals surface area contributed by atoms with Crippen molar-refractivity contribution in [3.8, 4) is 11.4 Å². The van der Waals surface area contributed by atoms with E-state index in [4.69, 9.17) is 16.7 Å². The largest absolute Gasteiger partial charge is 0.481 e. The number of benzene rings is 1. The number of carbonyl (C=O) groups is 2. The first-order valence-electron chi connectivity index (χ1n) is 8.06. The summed E-state index contributed by atoms with van der Waals surface area (Å²) in [7, 11) is 0. The van der Waals surface area contributed by atoms with E-state index in [2.05, 4.69) is 15.4 Å². The van der Waals surface area contributed by atoms with Crippen molar-refractivity contribution in [1.82, 2.24) is 25.1 Å². The van der Waals surface area contributed by atoms with E-state index in [1.807, 2.05) is 6.92 Å². The van der Waals surface area contributed by atoms with E-state index in [1.54, 1.807) is 29.2 Å². The van der Waals surface area contributed by atoms with Crippen molar-refractivity contribution in [2.45, 2.75) is 25.8 Å². The average molecular weight is 364 g/mol. The molecule has 9 heteroatoms. The minimum Gasteiger partial charge on any atom is -0.481 e. The Labute approximate surface area is 149 Å². The van der Waals surface area contributed by atoms with Gasteiger partial charge in [0.15, 0.2) is 6.04 Å². The zero-order valence-corrected chi connectivity index (χ0v) is 14.4. The summed E-state index contributed by atoms with van der Waals surface area (Å²) in [5, 5.41) is 22.0. The summed E-state index contributed by atoms with van der Waals surface area (Å²) in [6.45, 7) is 2.52. The number of carboxylic acid groups (broad SMARTS) is 1. The van der Waals surface area contributed by atoms with Crippen LogP contribution < -0.4 is 0 Å². The topological polar surface area (TPSA) is 101 Å². The summed E-state index contributed by atoms with van der Waals surface area (Å²) in [5.74, 6) is -1.14. The van der Waals surface area contributed by atoms with Crippen LogP contribution in [0.25, 0.3) is 11.4 Å². The van der Waals surface area contributed by atoms with Crippen LogP contribution in [0.3, 0.4) is 0 Å². The fourth-order valence-electron chi connectivity index (χ4n) is 2.88. The predicted molar refractivity (Wildman–Crippen MR) is 89.9 cm³/mol. The molecule has 0 aliphatic carbocycles. The maximum Gasteiger partial charge on any atom is 0.308 e. The molecule has 0 radical (unpaired) electrons. The van der Waals surface area contributed by atoms with Gasteiger partial charge in [-0.15, -0.1) is 10.2 Å². The van der Waals surface area contributed by atoms with Crippen molar-refractivity contribution in [2.24, 2.45) is 5.92 Å². The third-order valence-corrected chi connectivity index (χ3v) is 4.58. The summed E-state index contributed by atoms with van der Waals surface area (Å²) in [6, 6.07) is 6.43. The van der Waals surface area contributed by atoms with Crippen LogP contribution >= 0.6 is 11.6 Å². The number of nitrogens with zero attached hydrogens (tertiary/aromatic N) is 5. The Morgan fingerprint density at radius 3 is 2.68 bits per heavy atom. The Morgan fingerprint density at radius 2 is 2.08 bits per heavy atom. The van der Waals surface area contributed by atoms with Crippen molar-refractivity contribution in [1.29, 1.82) is 0 Å². The molecular formula is C16H18ClN5O3. The molecule has 2 atom stereocenters. The quantitative estimate of drug-likeness (QED) is 0.870. The molecule has 25 heavy (non-hydrogen) atoms. The summed E-state index contributed by atoms with van der Waals surface area (Å²) < 4.78 is 0. The van der Waals surface area contributed by atoms with Crippen LogP contribution in [0.1, 0.15) is 25.8 Å². The third-order valence-electron chi connectivity index (χ3n) is 4.33. The van der Waals surface area contributed by atoms with Gasteiger partial charge in [-0.25, -0.2) is 0 Å². The number of aliphatic carboxylic acids is 1. The number of aromatic nitrogens is 4. The van der Waals surface area contributed by atoms with Gasteiger partial charge >= 0.3 is 5.97 Å². The first kappa shape index (κ1) is 17.3. The van der Waals surface area contributed by atoms with E-state index >= 15 is 0 Å². The molecule has 132 valence electrons. The maximum absolute atomic E-state index is 12.7. The van der Waals surface area contributed by atoms with E-state index in [0.717, 1.165) is 5.56 Å². The SMILES string of the molecule is CC[C@H](C(=O)N1CC[C@@H](C(=O)O)C1)n1nnc(-c2ccc(Cl)cc2)n1. The maximum atomic E-state index is 12.7. The highest BCUT2D eigenvalue weighted by atomic mass is 35.5. The number of carbonyl (C=O) groups excluding carboxylic acids is 1.